The maximum Gasteiger partial charge on any atom is 0.269 e. The number of hydrogen-bond donors (Lipinski definition) is 0. The monoisotopic (exact) mass is 625 g/mol. The molecular weight excluding hydrogens is 600 g/mol. The van der Waals surface area contributed by atoms with Gasteiger partial charge < -0.3 is 0 Å². The van der Waals surface area contributed by atoms with Crippen molar-refractivity contribution >= 4 is 40.9 Å². The number of hydrazone groups is 1. The van der Waals surface area contributed by atoms with Gasteiger partial charge in [0.25, 0.3) is 23.4 Å². The van der Waals surface area contributed by atoms with E-state index in [1.54, 1.807) is 24.3 Å². The number of carbonyl (C=O) groups is 3. The summed E-state index contributed by atoms with van der Waals surface area (Å²) in [4.78, 5) is 52.0. The number of nitro groups is 1. The number of benzene rings is 3. The molecule has 12 nitrogen and oxygen atoms in total. The van der Waals surface area contributed by atoms with Gasteiger partial charge in [0.2, 0.25) is 0 Å². The third-order valence-electron chi connectivity index (χ3n) is 8.65. The molecule has 14 heteroatoms. The average molecular weight is 626 g/mol. The zero-order chi connectivity index (χ0) is 32.1. The lowest BCUT2D eigenvalue weighted by Crippen LogP contribution is -2.45. The number of carbonyl (C=O) groups excluding carboxylic acids is 3. The second-order valence-corrected chi connectivity index (χ2v) is 11.4. The van der Waals surface area contributed by atoms with E-state index in [0.717, 1.165) is 33.9 Å². The normalized spacial score (nSPS) is 24.4. The van der Waals surface area contributed by atoms with E-state index in [9.17, 15) is 33.3 Å². The zero-order valence-electron chi connectivity index (χ0n) is 24.1. The number of allylic oxidation sites excluding steroid dienone is 1. The van der Waals surface area contributed by atoms with E-state index >= 15 is 0 Å². The third-order valence-corrected chi connectivity index (χ3v) is 8.65. The molecule has 0 N–H and O–H groups in total. The van der Waals surface area contributed by atoms with Gasteiger partial charge in [0.05, 0.1) is 22.4 Å². The van der Waals surface area contributed by atoms with Crippen LogP contribution in [0.5, 0.6) is 0 Å². The Morgan fingerprint density at radius 3 is 2.28 bits per heavy atom. The van der Waals surface area contributed by atoms with Gasteiger partial charge in [-0.1, -0.05) is 29.5 Å². The van der Waals surface area contributed by atoms with Crippen molar-refractivity contribution in [1.29, 1.82) is 0 Å². The molecule has 7 rings (SSSR count). The number of amides is 3. The highest BCUT2D eigenvalue weighted by molar-refractivity contribution is 6.25. The molecule has 0 radical (unpaired) electrons. The molecule has 0 aromatic heterocycles. The molecule has 1 saturated carbocycles. The van der Waals surface area contributed by atoms with Gasteiger partial charge >= 0.3 is 0 Å². The molecule has 0 spiro atoms. The molecule has 46 heavy (non-hydrogen) atoms. The number of nitro benzene ring substituents is 1. The Labute approximate surface area is 260 Å². The van der Waals surface area contributed by atoms with Crippen LogP contribution in [0, 0.1) is 27.7 Å². The number of halogens is 2. The lowest BCUT2D eigenvalue weighted by Gasteiger charge is -2.30. The number of hydrogen-bond acceptors (Lipinski definition) is 9. The molecule has 3 heterocycles. The smallest absolute Gasteiger partial charge is 0.269 e. The topological polar surface area (TPSA) is 141 Å². The quantitative estimate of drug-likeness (QED) is 0.215. The fraction of sp³-hybridized carbons (Fsp3) is 0.250. The molecule has 4 atom stereocenters. The molecule has 4 unspecified atom stereocenters. The lowest BCUT2D eigenvalue weighted by atomic mass is 9.77. The second kappa shape index (κ2) is 11.4. The van der Waals surface area contributed by atoms with E-state index < -0.39 is 53.1 Å². The summed E-state index contributed by atoms with van der Waals surface area (Å²) in [5.74, 6) is -2.81. The Bertz CT molecular complexity index is 1840. The molecule has 1 aliphatic carbocycles. The molecule has 3 amide bonds. The maximum absolute atomic E-state index is 14.0. The Kier molecular flexibility index (Phi) is 7.18. The summed E-state index contributed by atoms with van der Waals surface area (Å²) in [5.41, 5.74) is 3.02. The van der Waals surface area contributed by atoms with Crippen LogP contribution in [-0.4, -0.2) is 57.0 Å². The van der Waals surface area contributed by atoms with Crippen LogP contribution in [0.4, 0.5) is 20.2 Å². The van der Waals surface area contributed by atoms with Crippen molar-refractivity contribution in [2.24, 2.45) is 21.4 Å². The van der Waals surface area contributed by atoms with E-state index in [1.807, 2.05) is 6.08 Å². The van der Waals surface area contributed by atoms with Crippen molar-refractivity contribution in [2.75, 3.05) is 11.4 Å². The first-order valence-electron chi connectivity index (χ1n) is 14.6. The first-order chi connectivity index (χ1) is 22.2. The minimum absolute atomic E-state index is 0.142. The van der Waals surface area contributed by atoms with Crippen LogP contribution in [0.25, 0.3) is 6.08 Å². The van der Waals surface area contributed by atoms with Crippen LogP contribution >= 0.6 is 0 Å². The van der Waals surface area contributed by atoms with Crippen LogP contribution in [0.1, 0.15) is 36.4 Å². The van der Waals surface area contributed by atoms with Crippen molar-refractivity contribution in [1.82, 2.24) is 10.0 Å². The number of rotatable bonds is 6. The molecule has 3 aromatic carbocycles. The molecule has 4 aliphatic rings. The number of fused-ring (bicyclic) bond motifs is 2. The molecule has 232 valence electrons. The van der Waals surface area contributed by atoms with E-state index in [-0.39, 0.29) is 23.1 Å². The molecule has 2 fully saturated rings. The standard InChI is InChI=1S/C32H25F2N7O5/c33-21-8-4-18(5-9-21)16-20-2-1-3-25-27(20)36-40(29(25)19-6-10-22(34)11-7-19)26(42)17-38-30-28(35-37-38)31(43)39(32(30)44)23-12-14-24(15-13-23)41(45)46/h4-16,25,28-30H,1-3,17H2/b20-16-. The maximum atomic E-state index is 14.0. The van der Waals surface area contributed by atoms with Crippen molar-refractivity contribution < 1.29 is 28.1 Å². The van der Waals surface area contributed by atoms with E-state index in [4.69, 9.17) is 5.10 Å². The van der Waals surface area contributed by atoms with Gasteiger partial charge in [-0.25, -0.2) is 18.7 Å². The summed E-state index contributed by atoms with van der Waals surface area (Å²) in [5, 5.41) is 26.3. The van der Waals surface area contributed by atoms with Crippen molar-refractivity contribution in [3.8, 4) is 0 Å². The first-order valence-corrected chi connectivity index (χ1v) is 14.6. The Morgan fingerprint density at radius 1 is 0.935 bits per heavy atom. The van der Waals surface area contributed by atoms with E-state index in [2.05, 4.69) is 10.3 Å². The van der Waals surface area contributed by atoms with E-state index in [1.165, 1.54) is 53.5 Å². The van der Waals surface area contributed by atoms with Crippen LogP contribution in [0.2, 0.25) is 0 Å². The predicted octanol–water partition coefficient (Wildman–Crippen LogP) is 4.99. The number of imide groups is 1. The van der Waals surface area contributed by atoms with Crippen molar-refractivity contribution in [2.45, 2.75) is 37.4 Å². The minimum Gasteiger partial charge on any atom is -0.271 e. The summed E-state index contributed by atoms with van der Waals surface area (Å²) >= 11 is 0. The molecule has 3 aliphatic heterocycles. The van der Waals surface area contributed by atoms with Gasteiger partial charge in [-0.15, -0.1) is 0 Å². The van der Waals surface area contributed by atoms with Crippen molar-refractivity contribution in [3.05, 3.63) is 111 Å². The van der Waals surface area contributed by atoms with Crippen molar-refractivity contribution in [3.63, 3.8) is 0 Å². The highest BCUT2D eigenvalue weighted by atomic mass is 19.1. The Hall–Kier alpha value is -5.66. The Morgan fingerprint density at radius 2 is 1.61 bits per heavy atom. The molecule has 3 aromatic rings. The minimum atomic E-state index is -1.18. The number of non-ortho nitro benzene ring substituents is 1. The highest BCUT2D eigenvalue weighted by Crippen LogP contribution is 2.45. The van der Waals surface area contributed by atoms with Crippen LogP contribution in [0.15, 0.2) is 93.8 Å². The van der Waals surface area contributed by atoms with Gasteiger partial charge in [0.1, 0.15) is 18.2 Å². The predicted molar refractivity (Wildman–Crippen MR) is 160 cm³/mol. The fourth-order valence-electron chi connectivity index (χ4n) is 6.50. The molecular formula is C32H25F2N7O5. The number of nitrogens with zero attached hydrogens (tertiary/aromatic N) is 7. The van der Waals surface area contributed by atoms with Gasteiger partial charge in [-0.3, -0.25) is 29.5 Å². The summed E-state index contributed by atoms with van der Waals surface area (Å²) < 4.78 is 27.4. The van der Waals surface area contributed by atoms with Crippen LogP contribution in [0.3, 0.4) is 0 Å². The fourth-order valence-corrected chi connectivity index (χ4v) is 6.50. The summed E-state index contributed by atoms with van der Waals surface area (Å²) in [6.45, 7) is -0.421. The first kappa shape index (κ1) is 29.1. The second-order valence-electron chi connectivity index (χ2n) is 11.4. The van der Waals surface area contributed by atoms with Crippen LogP contribution in [-0.2, 0) is 14.4 Å². The molecule has 1 saturated heterocycles. The van der Waals surface area contributed by atoms with Gasteiger partial charge in [-0.05, 0) is 78.4 Å². The number of anilines is 1. The largest absolute Gasteiger partial charge is 0.271 e. The lowest BCUT2D eigenvalue weighted by molar-refractivity contribution is -0.384. The highest BCUT2D eigenvalue weighted by Gasteiger charge is 2.55. The summed E-state index contributed by atoms with van der Waals surface area (Å²) in [6.07, 6.45) is 4.16. The van der Waals surface area contributed by atoms with E-state index in [0.29, 0.717) is 17.7 Å². The SMILES string of the molecule is O=C1C2N=NN(CC(=O)N3N=C4/C(=C\c5ccc(F)cc5)CCCC4C3c3ccc(F)cc3)C2C(=O)N1c1ccc([N+](=O)[O-])cc1. The Balaban J connectivity index is 1.17. The van der Waals surface area contributed by atoms with Gasteiger partial charge in [0.15, 0.2) is 12.1 Å². The third kappa shape index (κ3) is 5.01. The summed E-state index contributed by atoms with van der Waals surface area (Å²) in [6, 6.07) is 14.0. The van der Waals surface area contributed by atoms with Gasteiger partial charge in [-0.2, -0.15) is 10.2 Å². The van der Waals surface area contributed by atoms with Gasteiger partial charge in [0, 0.05) is 18.1 Å². The summed E-state index contributed by atoms with van der Waals surface area (Å²) in [7, 11) is 0. The average Bonchev–Trinajstić information content (AvgIpc) is 3.72. The zero-order valence-corrected chi connectivity index (χ0v) is 24.1. The van der Waals surface area contributed by atoms with Crippen LogP contribution < -0.4 is 4.90 Å². The molecule has 0 bridgehead atoms.